The molecule has 0 radical (unpaired) electrons. The molecule has 0 saturated carbocycles. The Morgan fingerprint density at radius 2 is 1.52 bits per heavy atom. The molecule has 1 aliphatic carbocycles. The Kier molecular flexibility index (Phi) is 3.54. The number of rotatable bonds is 1. The molecule has 2 N–H and O–H groups in total. The molecule has 1 aliphatic rings. The van der Waals surface area contributed by atoms with E-state index < -0.39 is 0 Å². The first-order chi connectivity index (χ1) is 12.0. The van der Waals surface area contributed by atoms with E-state index in [0.29, 0.717) is 28.1 Å². The van der Waals surface area contributed by atoms with E-state index in [9.17, 15) is 9.59 Å². The maximum absolute atomic E-state index is 12.9. The summed E-state index contributed by atoms with van der Waals surface area (Å²) in [6.07, 6.45) is 1.65. The summed E-state index contributed by atoms with van der Waals surface area (Å²) in [6, 6.07) is 14.3. The number of hydrogen-bond acceptors (Lipinski definition) is 3. The molecule has 0 saturated heterocycles. The highest BCUT2D eigenvalue weighted by molar-refractivity contribution is 9.10. The van der Waals surface area contributed by atoms with Gasteiger partial charge in [0.05, 0.1) is 10.0 Å². The van der Waals surface area contributed by atoms with Crippen LogP contribution in [0, 0.1) is 6.92 Å². The van der Waals surface area contributed by atoms with Crippen LogP contribution in [0.15, 0.2) is 59.2 Å². The minimum absolute atomic E-state index is 0.165. The van der Waals surface area contributed by atoms with E-state index in [4.69, 9.17) is 5.73 Å². The van der Waals surface area contributed by atoms with E-state index >= 15 is 0 Å². The number of hydrogen-bond donors (Lipinski definition) is 1. The van der Waals surface area contributed by atoms with Crippen molar-refractivity contribution in [1.29, 1.82) is 0 Å². The number of aryl methyl sites for hydroxylation is 1. The third kappa shape index (κ3) is 2.39. The zero-order valence-electron chi connectivity index (χ0n) is 13.4. The van der Waals surface area contributed by atoms with Crippen LogP contribution in [0.2, 0.25) is 0 Å². The van der Waals surface area contributed by atoms with Gasteiger partial charge in [-0.2, -0.15) is 4.57 Å². The van der Waals surface area contributed by atoms with Crippen LogP contribution < -0.4 is 10.3 Å². The van der Waals surface area contributed by atoms with E-state index in [-0.39, 0.29) is 11.6 Å². The first-order valence-corrected chi connectivity index (χ1v) is 8.57. The second-order valence-electron chi connectivity index (χ2n) is 6.05. The molecule has 3 aromatic rings. The Labute approximate surface area is 153 Å². The average Bonchev–Trinajstić information content (AvgIpc) is 2.60. The minimum atomic E-state index is -0.174. The van der Waals surface area contributed by atoms with E-state index in [1.54, 1.807) is 41.1 Å². The number of fused-ring (bicyclic) bond motifs is 2. The number of anilines is 1. The number of benzene rings is 2. The molecule has 4 nitrogen and oxygen atoms in total. The molecule has 1 aromatic heterocycles. The van der Waals surface area contributed by atoms with Crippen LogP contribution in [0.1, 0.15) is 37.4 Å². The lowest BCUT2D eigenvalue weighted by Gasteiger charge is -2.17. The topological polar surface area (TPSA) is 64.0 Å². The molecule has 1 heterocycles. The van der Waals surface area contributed by atoms with Gasteiger partial charge in [0.25, 0.3) is 5.82 Å². The Bertz CT molecular complexity index is 1070. The Hall–Kier alpha value is -2.79. The zero-order valence-corrected chi connectivity index (χ0v) is 15.0. The van der Waals surface area contributed by atoms with E-state index in [1.807, 2.05) is 25.1 Å². The normalized spacial score (nSPS) is 12.7. The molecule has 0 spiro atoms. The molecule has 0 fully saturated rings. The highest BCUT2D eigenvalue weighted by Crippen LogP contribution is 2.28. The summed E-state index contributed by atoms with van der Waals surface area (Å²) in [7, 11) is 0. The summed E-state index contributed by atoms with van der Waals surface area (Å²) in [5, 5.41) is 0. The largest absolute Gasteiger partial charge is 0.289 e. The number of halogens is 1. The molecule has 4 rings (SSSR count). The van der Waals surface area contributed by atoms with Crippen molar-refractivity contribution in [2.45, 2.75) is 6.92 Å². The minimum Gasteiger partial charge on any atom is -0.289 e. The van der Waals surface area contributed by atoms with Crippen molar-refractivity contribution in [2.75, 3.05) is 5.73 Å². The van der Waals surface area contributed by atoms with Gasteiger partial charge in [0.1, 0.15) is 11.9 Å². The third-order valence-electron chi connectivity index (χ3n) is 4.39. The summed E-state index contributed by atoms with van der Waals surface area (Å²) < 4.78 is 2.58. The standard InChI is InChI=1S/C20H13BrN2O2/c1-11-6-7-17(16(21)8-11)23-10-15-14(9-18(23)22)19(24)12-4-2-3-5-13(12)20(15)25/h2-10,22H,1H3/p+1. The molecule has 0 aliphatic heterocycles. The quantitative estimate of drug-likeness (QED) is 0.504. The van der Waals surface area contributed by atoms with Gasteiger partial charge in [-0.05, 0) is 40.5 Å². The first kappa shape index (κ1) is 15.7. The Morgan fingerprint density at radius 3 is 2.16 bits per heavy atom. The van der Waals surface area contributed by atoms with Crippen molar-refractivity contribution in [3.05, 3.63) is 87.0 Å². The molecule has 5 heteroatoms. The number of nitrogens with two attached hydrogens (primary N) is 1. The molecule has 2 aromatic carbocycles. The number of nitrogen functional groups attached to an aromatic ring is 1. The first-order valence-electron chi connectivity index (χ1n) is 7.77. The Balaban J connectivity index is 1.95. The molecular formula is C20H14BrN2O2+. The van der Waals surface area contributed by atoms with Gasteiger partial charge in [-0.25, -0.2) is 0 Å². The fraction of sp³-hybridized carbons (Fsp3) is 0.0500. The molecule has 0 atom stereocenters. The van der Waals surface area contributed by atoms with Crippen molar-refractivity contribution >= 4 is 33.3 Å². The summed E-state index contributed by atoms with van der Waals surface area (Å²) in [5.74, 6) is 0.0537. The summed E-state index contributed by atoms with van der Waals surface area (Å²) in [6.45, 7) is 1.99. The van der Waals surface area contributed by atoms with Gasteiger partial charge >= 0.3 is 0 Å². The smallest absolute Gasteiger partial charge is 0.278 e. The van der Waals surface area contributed by atoms with Gasteiger partial charge < -0.3 is 0 Å². The fourth-order valence-electron chi connectivity index (χ4n) is 3.12. The number of pyridine rings is 1. The monoisotopic (exact) mass is 393 g/mol. The predicted octanol–water partition coefficient (Wildman–Crippen LogP) is 3.39. The van der Waals surface area contributed by atoms with Crippen LogP contribution >= 0.6 is 15.9 Å². The second-order valence-corrected chi connectivity index (χ2v) is 6.91. The van der Waals surface area contributed by atoms with Gasteiger partial charge in [-0.3, -0.25) is 15.3 Å². The summed E-state index contributed by atoms with van der Waals surface area (Å²) in [5.41, 5.74) is 9.67. The maximum Gasteiger partial charge on any atom is 0.278 e. The second kappa shape index (κ2) is 5.63. The van der Waals surface area contributed by atoms with Crippen LogP contribution in [0.5, 0.6) is 0 Å². The van der Waals surface area contributed by atoms with Crippen molar-refractivity contribution in [2.24, 2.45) is 0 Å². The van der Waals surface area contributed by atoms with E-state index in [0.717, 1.165) is 15.7 Å². The number of nitrogens with zero attached hydrogens (tertiary/aromatic N) is 1. The van der Waals surface area contributed by atoms with Crippen LogP contribution in [0.25, 0.3) is 5.69 Å². The average molecular weight is 394 g/mol. The van der Waals surface area contributed by atoms with Gasteiger partial charge in [0, 0.05) is 22.8 Å². The lowest BCUT2D eigenvalue weighted by molar-refractivity contribution is -0.581. The molecule has 0 amide bonds. The van der Waals surface area contributed by atoms with Crippen LogP contribution in [-0.4, -0.2) is 11.6 Å². The van der Waals surface area contributed by atoms with Gasteiger partial charge in [0.15, 0.2) is 11.6 Å². The maximum atomic E-state index is 12.9. The van der Waals surface area contributed by atoms with Crippen molar-refractivity contribution in [3.63, 3.8) is 0 Å². The van der Waals surface area contributed by atoms with E-state index in [2.05, 4.69) is 15.9 Å². The molecule has 0 bridgehead atoms. The molecule has 25 heavy (non-hydrogen) atoms. The SMILES string of the molecule is Cc1ccc(-[n+]2cc3c(cc2N)C(=O)c2ccccc2C3=O)c(Br)c1. The van der Waals surface area contributed by atoms with Crippen LogP contribution in [0.3, 0.4) is 0 Å². The molecule has 0 unspecified atom stereocenters. The van der Waals surface area contributed by atoms with Crippen LogP contribution in [0.4, 0.5) is 5.82 Å². The molecular weight excluding hydrogens is 380 g/mol. The third-order valence-corrected chi connectivity index (χ3v) is 5.02. The van der Waals surface area contributed by atoms with Crippen molar-refractivity contribution in [3.8, 4) is 5.69 Å². The number of aromatic nitrogens is 1. The number of carbonyl (C=O) groups is 2. The van der Waals surface area contributed by atoms with Crippen molar-refractivity contribution in [1.82, 2.24) is 0 Å². The van der Waals surface area contributed by atoms with Gasteiger partial charge in [-0.1, -0.05) is 30.3 Å². The summed E-state index contributed by atoms with van der Waals surface area (Å²) in [4.78, 5) is 25.6. The van der Waals surface area contributed by atoms with Gasteiger partial charge in [-0.15, -0.1) is 0 Å². The Morgan fingerprint density at radius 1 is 0.880 bits per heavy atom. The lowest BCUT2D eigenvalue weighted by atomic mass is 9.85. The fourth-order valence-corrected chi connectivity index (χ4v) is 3.81. The lowest BCUT2D eigenvalue weighted by Crippen LogP contribution is -2.38. The highest BCUT2D eigenvalue weighted by Gasteiger charge is 2.32. The summed E-state index contributed by atoms with van der Waals surface area (Å²) >= 11 is 3.54. The molecule has 122 valence electrons. The zero-order chi connectivity index (χ0) is 17.7. The number of carbonyl (C=O) groups excluding carboxylic acids is 2. The predicted molar refractivity (Wildman–Crippen MR) is 98.1 cm³/mol. The number of ketones is 2. The van der Waals surface area contributed by atoms with Crippen molar-refractivity contribution < 1.29 is 14.2 Å². The van der Waals surface area contributed by atoms with Crippen LogP contribution in [-0.2, 0) is 0 Å². The van der Waals surface area contributed by atoms with Gasteiger partial charge in [0.2, 0.25) is 0 Å². The highest BCUT2D eigenvalue weighted by atomic mass is 79.9. The van der Waals surface area contributed by atoms with E-state index in [1.165, 1.54) is 0 Å².